The number of para-hydroxylation sites is 2. The molecule has 2 fully saturated rings. The van der Waals surface area contributed by atoms with Crippen LogP contribution in [0, 0.1) is 0 Å². The molecule has 8 aromatic rings. The molecule has 0 radical (unpaired) electrons. The number of hydrogen-bond donors (Lipinski definition) is 0. The Hall–Kier alpha value is -6.14. The average molecular weight is 1160 g/mol. The first kappa shape index (κ1) is 49.4. The van der Waals surface area contributed by atoms with Crippen molar-refractivity contribution in [2.75, 3.05) is 24.0 Å². The van der Waals surface area contributed by atoms with Crippen molar-refractivity contribution in [3.05, 3.63) is 237 Å². The number of rotatable bonds is 15. The molecular formula is C56H44Br2N4O6S4. The number of benzene rings is 8. The monoisotopic (exact) mass is 1150 g/mol. The molecule has 8 aromatic carbocycles. The molecule has 0 amide bonds. The predicted molar refractivity (Wildman–Crippen MR) is 297 cm³/mol. The summed E-state index contributed by atoms with van der Waals surface area (Å²) >= 11 is 6.87. The molecule has 72 heavy (non-hydrogen) atoms. The average Bonchev–Trinajstić information content (AvgIpc) is 3.40. The van der Waals surface area contributed by atoms with Crippen LogP contribution in [0.4, 0.5) is 11.4 Å². The third-order valence-electron chi connectivity index (χ3n) is 12.6. The number of hydrogen-bond acceptors (Lipinski definition) is 8. The van der Waals surface area contributed by atoms with E-state index < -0.39 is 31.9 Å². The van der Waals surface area contributed by atoms with E-state index in [0.29, 0.717) is 23.2 Å². The molecule has 0 spiro atoms. The second kappa shape index (κ2) is 21.1. The van der Waals surface area contributed by atoms with E-state index in [0.717, 1.165) is 52.4 Å². The Labute approximate surface area is 444 Å². The SMILES string of the molecule is COc1ccc(C2C(c3ccccc3)/C(=N/S(=O)(=O)c3ccc(Br)cc3)N2c2ccccc2SSc2ccccc2N2/C(=N\S(=O)(=O)c3ccc(Br)cc3)C(c3ccccc3)C2c2ccc(OC)cc2)cc1. The van der Waals surface area contributed by atoms with Gasteiger partial charge < -0.3 is 19.3 Å². The molecule has 2 heterocycles. The fourth-order valence-electron chi connectivity index (χ4n) is 9.13. The van der Waals surface area contributed by atoms with Crippen molar-refractivity contribution >= 4 is 96.5 Å². The Balaban J connectivity index is 1.08. The molecule has 0 aliphatic carbocycles. The third kappa shape index (κ3) is 10.00. The molecule has 16 heteroatoms. The van der Waals surface area contributed by atoms with Gasteiger partial charge in [-0.25, -0.2) is 0 Å². The normalized spacial score (nSPS) is 18.9. The lowest BCUT2D eigenvalue weighted by atomic mass is 9.77. The Bertz CT molecular complexity index is 3280. The van der Waals surface area contributed by atoms with Gasteiger partial charge in [0.2, 0.25) is 0 Å². The van der Waals surface area contributed by atoms with Crippen LogP contribution in [0.25, 0.3) is 0 Å². The fourth-order valence-corrected chi connectivity index (χ4v) is 14.1. The van der Waals surface area contributed by atoms with Gasteiger partial charge in [-0.15, -0.1) is 8.80 Å². The number of nitrogens with zero attached hydrogens (tertiary/aromatic N) is 4. The van der Waals surface area contributed by atoms with Crippen LogP contribution in [-0.4, -0.2) is 42.7 Å². The molecule has 0 saturated carbocycles. The van der Waals surface area contributed by atoms with Crippen molar-refractivity contribution < 1.29 is 26.3 Å². The summed E-state index contributed by atoms with van der Waals surface area (Å²) in [5.41, 5.74) is 5.25. The van der Waals surface area contributed by atoms with Gasteiger partial charge >= 0.3 is 0 Å². The lowest BCUT2D eigenvalue weighted by Crippen LogP contribution is -2.54. The van der Waals surface area contributed by atoms with Crippen molar-refractivity contribution in [2.24, 2.45) is 8.80 Å². The predicted octanol–water partition coefficient (Wildman–Crippen LogP) is 14.3. The van der Waals surface area contributed by atoms with Crippen molar-refractivity contribution in [2.45, 2.75) is 43.5 Å². The minimum Gasteiger partial charge on any atom is -0.497 e. The molecule has 4 unspecified atom stereocenters. The first-order valence-electron chi connectivity index (χ1n) is 22.6. The van der Waals surface area contributed by atoms with Crippen LogP contribution in [0.3, 0.4) is 0 Å². The fraction of sp³-hybridized carbons (Fsp3) is 0.107. The largest absolute Gasteiger partial charge is 0.497 e. The molecule has 0 N–H and O–H groups in total. The summed E-state index contributed by atoms with van der Waals surface area (Å²) < 4.78 is 79.3. The van der Waals surface area contributed by atoms with Gasteiger partial charge in [-0.3, -0.25) is 0 Å². The molecule has 10 rings (SSSR count). The Kier molecular flexibility index (Phi) is 14.5. The number of methoxy groups -OCH3 is 2. The van der Waals surface area contributed by atoms with Crippen LogP contribution >= 0.6 is 53.4 Å². The first-order valence-corrected chi connectivity index (χ1v) is 29.3. The summed E-state index contributed by atoms with van der Waals surface area (Å²) in [7, 11) is -2.09. The molecule has 4 atom stereocenters. The molecule has 0 aromatic heterocycles. The maximum absolute atomic E-state index is 14.3. The van der Waals surface area contributed by atoms with E-state index in [1.807, 2.05) is 168 Å². The van der Waals surface area contributed by atoms with Gasteiger partial charge in [-0.2, -0.15) is 16.8 Å². The van der Waals surface area contributed by atoms with Crippen molar-refractivity contribution in [1.29, 1.82) is 0 Å². The quantitative estimate of drug-likeness (QED) is 0.0918. The van der Waals surface area contributed by atoms with E-state index in [2.05, 4.69) is 40.7 Å². The molecule has 2 aliphatic heterocycles. The second-order valence-corrected chi connectivity index (χ2v) is 24.1. The van der Waals surface area contributed by atoms with Crippen LogP contribution < -0.4 is 19.3 Å². The van der Waals surface area contributed by atoms with Crippen LogP contribution in [0.2, 0.25) is 0 Å². The van der Waals surface area contributed by atoms with E-state index in [1.54, 1.807) is 62.8 Å². The molecular weight excluding hydrogens is 1110 g/mol. The topological polar surface area (TPSA) is 118 Å². The Morgan fingerprint density at radius 1 is 0.417 bits per heavy atom. The molecule has 0 bridgehead atoms. The van der Waals surface area contributed by atoms with E-state index >= 15 is 0 Å². The minimum atomic E-state index is -4.19. The molecule has 2 saturated heterocycles. The van der Waals surface area contributed by atoms with Gasteiger partial charge in [0.05, 0.1) is 59.3 Å². The summed E-state index contributed by atoms with van der Waals surface area (Å²) in [6.45, 7) is 0. The zero-order valence-electron chi connectivity index (χ0n) is 38.6. The van der Waals surface area contributed by atoms with Crippen LogP contribution in [0.15, 0.2) is 244 Å². The summed E-state index contributed by atoms with van der Waals surface area (Å²) in [5, 5.41) is 0. The summed E-state index contributed by atoms with van der Waals surface area (Å²) in [5.74, 6) is 1.30. The Morgan fingerprint density at radius 3 is 1.10 bits per heavy atom. The molecule has 10 nitrogen and oxygen atoms in total. The highest BCUT2D eigenvalue weighted by molar-refractivity contribution is 9.10. The smallest absolute Gasteiger partial charge is 0.283 e. The number of ether oxygens (including phenoxy) is 2. The van der Waals surface area contributed by atoms with E-state index in [1.165, 1.54) is 21.6 Å². The second-order valence-electron chi connectivity index (χ2n) is 16.8. The van der Waals surface area contributed by atoms with E-state index in [-0.39, 0.29) is 21.9 Å². The van der Waals surface area contributed by atoms with Crippen LogP contribution in [0.5, 0.6) is 11.5 Å². The Morgan fingerprint density at radius 2 is 0.750 bits per heavy atom. The summed E-state index contributed by atoms with van der Waals surface area (Å²) in [6, 6.07) is 63.5. The van der Waals surface area contributed by atoms with E-state index in [4.69, 9.17) is 9.47 Å². The van der Waals surface area contributed by atoms with Gasteiger partial charge in [-0.1, -0.05) is 163 Å². The zero-order chi connectivity index (χ0) is 50.0. The first-order chi connectivity index (χ1) is 34.9. The van der Waals surface area contributed by atoms with Gasteiger partial charge in [0, 0.05) is 18.7 Å². The maximum Gasteiger partial charge on any atom is 0.283 e. The zero-order valence-corrected chi connectivity index (χ0v) is 45.0. The highest BCUT2D eigenvalue weighted by Gasteiger charge is 2.51. The van der Waals surface area contributed by atoms with Crippen LogP contribution in [0.1, 0.15) is 46.2 Å². The number of amidine groups is 2. The van der Waals surface area contributed by atoms with Crippen molar-refractivity contribution in [3.63, 3.8) is 0 Å². The number of sulfonamides is 2. The maximum atomic E-state index is 14.3. The number of anilines is 2. The summed E-state index contributed by atoms with van der Waals surface area (Å²) in [4.78, 5) is 5.91. The van der Waals surface area contributed by atoms with Gasteiger partial charge in [0.1, 0.15) is 23.2 Å². The lowest BCUT2D eigenvalue weighted by molar-refractivity contribution is 0.414. The highest BCUT2D eigenvalue weighted by atomic mass is 79.9. The van der Waals surface area contributed by atoms with E-state index in [9.17, 15) is 16.8 Å². The minimum absolute atomic E-state index is 0.0775. The van der Waals surface area contributed by atoms with Crippen molar-refractivity contribution in [1.82, 2.24) is 0 Å². The lowest BCUT2D eigenvalue weighted by Gasteiger charge is -2.51. The number of halogens is 2. The van der Waals surface area contributed by atoms with Gasteiger partial charge in [0.15, 0.2) is 0 Å². The molecule has 2 aliphatic rings. The highest BCUT2D eigenvalue weighted by Crippen LogP contribution is 2.57. The van der Waals surface area contributed by atoms with Gasteiger partial charge in [0.25, 0.3) is 20.0 Å². The van der Waals surface area contributed by atoms with Crippen LogP contribution in [-0.2, 0) is 20.0 Å². The standard InChI is InChI=1S/C56H44Br2N4O6S4/c1-67-43-29-21-39(22-30-43)53-51(37-13-5-3-6-14-37)55(59-71(63,64)45-33-25-41(57)26-34-45)61(53)47-17-9-11-19-49(47)69-70-50-20-12-10-18-48(50)62-54(40-23-31-44(68-2)32-24-40)52(38-15-7-4-8-16-38)56(62)60-72(65,66)46-35-27-42(58)28-36-46/h3-36,51-54H,1-2H3/b59-55-,60-56-. The third-order valence-corrected chi connectivity index (χ3v) is 18.7. The summed E-state index contributed by atoms with van der Waals surface area (Å²) in [6.07, 6.45) is 0. The molecule has 362 valence electrons. The van der Waals surface area contributed by atoms with Gasteiger partial charge in [-0.05, 0) is 119 Å². The van der Waals surface area contributed by atoms with Crippen molar-refractivity contribution in [3.8, 4) is 11.5 Å².